The van der Waals surface area contributed by atoms with Crippen LogP contribution in [0.5, 0.6) is 0 Å². The van der Waals surface area contributed by atoms with Crippen molar-refractivity contribution < 1.29 is 4.79 Å². The van der Waals surface area contributed by atoms with Gasteiger partial charge in [-0.15, -0.1) is 10.2 Å². The molecule has 9 heteroatoms. The minimum atomic E-state index is -0.0305. The third-order valence-corrected chi connectivity index (χ3v) is 5.41. The Hall–Kier alpha value is -3.00. The molecule has 0 spiro atoms. The number of hydrogen-bond acceptors (Lipinski definition) is 6. The third kappa shape index (κ3) is 3.82. The second-order valence-electron chi connectivity index (χ2n) is 6.75. The maximum atomic E-state index is 12.6. The molecule has 1 aromatic carbocycles. The highest BCUT2D eigenvalue weighted by molar-refractivity contribution is 6.31. The molecule has 1 fully saturated rings. The second kappa shape index (κ2) is 7.93. The van der Waals surface area contributed by atoms with E-state index in [-0.39, 0.29) is 11.8 Å². The molecule has 0 unspecified atom stereocenters. The Balaban J connectivity index is 1.35. The van der Waals surface area contributed by atoms with Crippen molar-refractivity contribution in [1.82, 2.24) is 25.0 Å². The number of benzene rings is 1. The Bertz CT molecular complexity index is 951. The van der Waals surface area contributed by atoms with Crippen LogP contribution in [0.3, 0.4) is 0 Å². The number of nitrogens with one attached hydrogen (secondary N) is 1. The van der Waals surface area contributed by atoms with Gasteiger partial charge in [-0.25, -0.2) is 9.67 Å². The van der Waals surface area contributed by atoms with Crippen LogP contribution in [0.4, 0.5) is 11.5 Å². The van der Waals surface area contributed by atoms with E-state index in [4.69, 9.17) is 11.6 Å². The highest BCUT2D eigenvalue weighted by Crippen LogP contribution is 2.26. The molecule has 144 valence electrons. The molecule has 28 heavy (non-hydrogen) atoms. The van der Waals surface area contributed by atoms with E-state index in [0.717, 1.165) is 43.0 Å². The smallest absolute Gasteiger partial charge is 0.227 e. The van der Waals surface area contributed by atoms with E-state index in [0.29, 0.717) is 10.8 Å². The lowest BCUT2D eigenvalue weighted by Gasteiger charge is -2.32. The molecule has 1 N–H and O–H groups in total. The molecule has 0 aliphatic carbocycles. The number of hydrogen-bond donors (Lipinski definition) is 1. The van der Waals surface area contributed by atoms with E-state index in [9.17, 15) is 4.79 Å². The minimum absolute atomic E-state index is 0.0305. The maximum Gasteiger partial charge on any atom is 0.227 e. The summed E-state index contributed by atoms with van der Waals surface area (Å²) in [5.41, 5.74) is 1.66. The van der Waals surface area contributed by atoms with Crippen LogP contribution in [0.15, 0.2) is 43.0 Å². The molecule has 1 amide bonds. The predicted octanol–water partition coefficient (Wildman–Crippen LogP) is 2.87. The van der Waals surface area contributed by atoms with E-state index in [1.807, 2.05) is 37.3 Å². The van der Waals surface area contributed by atoms with Gasteiger partial charge in [0, 0.05) is 29.7 Å². The molecular formula is C19H20ClN7O. The molecule has 0 bridgehead atoms. The third-order valence-electron chi connectivity index (χ3n) is 5.01. The standard InChI is InChI=1S/C19H20ClN7O/c1-13-15(20)3-2-4-16(13)23-19(28)14-7-9-26(10-8-14)17-5-6-18(25-24-17)27-12-21-11-22-27/h2-6,11-12,14H,7-10H2,1H3,(H,23,28). The maximum absolute atomic E-state index is 12.6. The monoisotopic (exact) mass is 397 g/mol. The van der Waals surface area contributed by atoms with E-state index in [2.05, 4.69) is 30.5 Å². The average Bonchev–Trinajstić information content (AvgIpc) is 3.26. The number of carbonyl (C=O) groups is 1. The summed E-state index contributed by atoms with van der Waals surface area (Å²) >= 11 is 6.13. The van der Waals surface area contributed by atoms with Gasteiger partial charge in [0.05, 0.1) is 0 Å². The molecule has 3 aromatic rings. The highest BCUT2D eigenvalue weighted by atomic mass is 35.5. The normalized spacial score (nSPS) is 14.9. The van der Waals surface area contributed by atoms with Crippen LogP contribution in [-0.4, -0.2) is 44.0 Å². The van der Waals surface area contributed by atoms with Gasteiger partial charge < -0.3 is 10.2 Å². The SMILES string of the molecule is Cc1c(Cl)cccc1NC(=O)C1CCN(c2ccc(-n3cncn3)nn2)CC1. The molecule has 3 heterocycles. The lowest BCUT2D eigenvalue weighted by Crippen LogP contribution is -2.38. The number of amides is 1. The van der Waals surface area contributed by atoms with Gasteiger partial charge in [-0.1, -0.05) is 17.7 Å². The second-order valence-corrected chi connectivity index (χ2v) is 7.16. The fourth-order valence-corrected chi connectivity index (χ4v) is 3.46. The van der Waals surface area contributed by atoms with Gasteiger partial charge >= 0.3 is 0 Å². The first-order valence-corrected chi connectivity index (χ1v) is 9.49. The molecule has 0 saturated carbocycles. The quantitative estimate of drug-likeness (QED) is 0.728. The first kappa shape index (κ1) is 18.4. The zero-order valence-electron chi connectivity index (χ0n) is 15.4. The van der Waals surface area contributed by atoms with Crippen LogP contribution in [0, 0.1) is 12.8 Å². The largest absolute Gasteiger partial charge is 0.355 e. The molecule has 0 radical (unpaired) electrons. The van der Waals surface area contributed by atoms with Gasteiger partial charge in [0.1, 0.15) is 12.7 Å². The van der Waals surface area contributed by atoms with Gasteiger partial charge in [0.2, 0.25) is 5.91 Å². The fourth-order valence-electron chi connectivity index (χ4n) is 3.28. The van der Waals surface area contributed by atoms with Crippen LogP contribution in [0.2, 0.25) is 5.02 Å². The number of halogens is 1. The number of aromatic nitrogens is 5. The van der Waals surface area contributed by atoms with Crippen molar-refractivity contribution in [3.63, 3.8) is 0 Å². The van der Waals surface area contributed by atoms with Gasteiger partial charge in [0.25, 0.3) is 0 Å². The zero-order valence-corrected chi connectivity index (χ0v) is 16.2. The summed E-state index contributed by atoms with van der Waals surface area (Å²) in [6, 6.07) is 9.31. The fraction of sp³-hybridized carbons (Fsp3) is 0.316. The van der Waals surface area contributed by atoms with Crippen molar-refractivity contribution in [2.45, 2.75) is 19.8 Å². The first-order valence-electron chi connectivity index (χ1n) is 9.11. The number of piperidine rings is 1. The summed E-state index contributed by atoms with van der Waals surface area (Å²) in [4.78, 5) is 18.7. The van der Waals surface area contributed by atoms with Crippen LogP contribution in [0.1, 0.15) is 18.4 Å². The van der Waals surface area contributed by atoms with Gasteiger partial charge in [0.15, 0.2) is 11.6 Å². The number of anilines is 2. The molecule has 4 rings (SSSR count). The average molecular weight is 398 g/mol. The lowest BCUT2D eigenvalue weighted by molar-refractivity contribution is -0.120. The Labute approximate surface area is 167 Å². The van der Waals surface area contributed by atoms with Crippen molar-refractivity contribution >= 4 is 29.0 Å². The van der Waals surface area contributed by atoms with Crippen molar-refractivity contribution in [2.24, 2.45) is 5.92 Å². The summed E-state index contributed by atoms with van der Waals surface area (Å²) in [6.45, 7) is 3.41. The van der Waals surface area contributed by atoms with E-state index in [1.54, 1.807) is 11.0 Å². The van der Waals surface area contributed by atoms with E-state index >= 15 is 0 Å². The van der Waals surface area contributed by atoms with Crippen LogP contribution >= 0.6 is 11.6 Å². The van der Waals surface area contributed by atoms with E-state index in [1.165, 1.54) is 6.33 Å². The Kier molecular flexibility index (Phi) is 5.21. The van der Waals surface area contributed by atoms with Crippen LogP contribution in [-0.2, 0) is 4.79 Å². The Morgan fingerprint density at radius 3 is 2.57 bits per heavy atom. The number of nitrogens with zero attached hydrogens (tertiary/aromatic N) is 6. The molecule has 1 aliphatic rings. The summed E-state index contributed by atoms with van der Waals surface area (Å²) in [5.74, 6) is 1.43. The van der Waals surface area contributed by atoms with Gasteiger partial charge in [-0.05, 0) is 49.6 Å². The molecule has 2 aromatic heterocycles. The Morgan fingerprint density at radius 1 is 1.14 bits per heavy atom. The zero-order chi connectivity index (χ0) is 19.5. The van der Waals surface area contributed by atoms with Gasteiger partial charge in [-0.3, -0.25) is 4.79 Å². The van der Waals surface area contributed by atoms with Crippen molar-refractivity contribution in [1.29, 1.82) is 0 Å². The first-order chi connectivity index (χ1) is 13.6. The lowest BCUT2D eigenvalue weighted by atomic mass is 9.95. The van der Waals surface area contributed by atoms with Crippen LogP contribution in [0.25, 0.3) is 5.82 Å². The summed E-state index contributed by atoms with van der Waals surface area (Å²) in [7, 11) is 0. The molecule has 0 atom stereocenters. The van der Waals surface area contributed by atoms with E-state index < -0.39 is 0 Å². The Morgan fingerprint density at radius 2 is 1.89 bits per heavy atom. The topological polar surface area (TPSA) is 88.8 Å². The van der Waals surface area contributed by atoms with Crippen molar-refractivity contribution in [3.8, 4) is 5.82 Å². The van der Waals surface area contributed by atoms with Gasteiger partial charge in [-0.2, -0.15) is 5.10 Å². The summed E-state index contributed by atoms with van der Waals surface area (Å²) in [6.07, 6.45) is 4.56. The highest BCUT2D eigenvalue weighted by Gasteiger charge is 2.26. The summed E-state index contributed by atoms with van der Waals surface area (Å²) in [5, 5.41) is 16.2. The molecule has 1 saturated heterocycles. The number of rotatable bonds is 4. The number of carbonyl (C=O) groups excluding carboxylic acids is 1. The summed E-state index contributed by atoms with van der Waals surface area (Å²) < 4.78 is 1.56. The van der Waals surface area contributed by atoms with Crippen molar-refractivity contribution in [2.75, 3.05) is 23.3 Å². The molecular weight excluding hydrogens is 378 g/mol. The molecule has 1 aliphatic heterocycles. The predicted molar refractivity (Wildman–Crippen MR) is 107 cm³/mol. The van der Waals surface area contributed by atoms with Crippen molar-refractivity contribution in [3.05, 3.63) is 53.6 Å². The van der Waals surface area contributed by atoms with Crippen LogP contribution < -0.4 is 10.2 Å². The minimum Gasteiger partial charge on any atom is -0.355 e. The molecule has 8 nitrogen and oxygen atoms in total.